The predicted molar refractivity (Wildman–Crippen MR) is 153 cm³/mol. The standard InChI is InChI=1S/C31H31FN4O7/c1-2-42-27(38)22-12-8-13-23(18-22)35(29(33)40)20-26(37)43-28(39)31(24-14-6-7-15-25(24)32)16-9-17-36(31)30(41)34-19-21-10-4-3-5-11-21/h3-8,10-15,18H,2,9,16-17,19-20H2,1H3,(H2,33,40)(H,34,41). The van der Waals surface area contributed by atoms with Crippen LogP contribution >= 0.6 is 0 Å². The molecule has 224 valence electrons. The number of amides is 4. The monoisotopic (exact) mass is 590 g/mol. The van der Waals surface area contributed by atoms with Crippen LogP contribution in [0.2, 0.25) is 0 Å². The highest BCUT2D eigenvalue weighted by atomic mass is 19.1. The van der Waals surface area contributed by atoms with Crippen LogP contribution in [0.5, 0.6) is 0 Å². The van der Waals surface area contributed by atoms with Crippen molar-refractivity contribution in [3.05, 3.63) is 101 Å². The number of ether oxygens (including phenoxy) is 2. The molecule has 0 saturated carbocycles. The Morgan fingerprint density at radius 3 is 2.42 bits per heavy atom. The average Bonchev–Trinajstić information content (AvgIpc) is 3.46. The molecular formula is C31H31FN4O7. The van der Waals surface area contributed by atoms with Crippen molar-refractivity contribution in [3.63, 3.8) is 0 Å². The fourth-order valence-corrected chi connectivity index (χ4v) is 5.02. The van der Waals surface area contributed by atoms with Crippen molar-refractivity contribution in [2.75, 3.05) is 24.6 Å². The van der Waals surface area contributed by atoms with Crippen LogP contribution in [0, 0.1) is 5.82 Å². The Bertz CT molecular complexity index is 1520. The van der Waals surface area contributed by atoms with Crippen molar-refractivity contribution in [2.24, 2.45) is 5.73 Å². The van der Waals surface area contributed by atoms with Crippen molar-refractivity contribution in [2.45, 2.75) is 31.8 Å². The summed E-state index contributed by atoms with van der Waals surface area (Å²) in [6, 6.07) is 18.5. The van der Waals surface area contributed by atoms with Gasteiger partial charge in [-0.25, -0.2) is 28.4 Å². The van der Waals surface area contributed by atoms with Gasteiger partial charge in [0.25, 0.3) is 0 Å². The van der Waals surface area contributed by atoms with Crippen molar-refractivity contribution in [1.29, 1.82) is 0 Å². The van der Waals surface area contributed by atoms with E-state index >= 15 is 4.39 Å². The minimum absolute atomic E-state index is 0.0140. The second-order valence-electron chi connectivity index (χ2n) is 9.70. The lowest BCUT2D eigenvalue weighted by molar-refractivity contribution is -0.166. The molecule has 1 fully saturated rings. The van der Waals surface area contributed by atoms with Crippen LogP contribution < -0.4 is 16.0 Å². The molecule has 4 amide bonds. The predicted octanol–water partition coefficient (Wildman–Crippen LogP) is 3.86. The van der Waals surface area contributed by atoms with Gasteiger partial charge in [-0.1, -0.05) is 54.6 Å². The number of esters is 3. The zero-order chi connectivity index (χ0) is 31.0. The van der Waals surface area contributed by atoms with Crippen molar-refractivity contribution < 1.29 is 37.8 Å². The lowest BCUT2D eigenvalue weighted by Crippen LogP contribution is -2.55. The van der Waals surface area contributed by atoms with E-state index in [1.54, 1.807) is 6.92 Å². The van der Waals surface area contributed by atoms with E-state index in [4.69, 9.17) is 15.2 Å². The van der Waals surface area contributed by atoms with E-state index in [1.807, 2.05) is 30.3 Å². The molecule has 1 unspecified atom stereocenters. The first-order chi connectivity index (χ1) is 20.7. The van der Waals surface area contributed by atoms with Crippen LogP contribution in [0.1, 0.15) is 41.3 Å². The maximum Gasteiger partial charge on any atom is 0.344 e. The number of urea groups is 2. The van der Waals surface area contributed by atoms with Crippen LogP contribution in [0.3, 0.4) is 0 Å². The van der Waals surface area contributed by atoms with Crippen LogP contribution in [-0.4, -0.2) is 54.6 Å². The summed E-state index contributed by atoms with van der Waals surface area (Å²) in [5, 5.41) is 2.75. The van der Waals surface area contributed by atoms with Gasteiger partial charge in [0.05, 0.1) is 12.2 Å². The average molecular weight is 591 g/mol. The summed E-state index contributed by atoms with van der Waals surface area (Å²) < 4.78 is 25.4. The number of carbonyl (C=O) groups is 5. The molecule has 0 radical (unpaired) electrons. The number of rotatable bonds is 9. The van der Waals surface area contributed by atoms with Gasteiger partial charge in [-0.15, -0.1) is 0 Å². The number of nitrogens with two attached hydrogens (primary N) is 1. The Labute approximate surface area is 247 Å². The summed E-state index contributed by atoms with van der Waals surface area (Å²) in [4.78, 5) is 66.7. The normalized spacial score (nSPS) is 15.8. The van der Waals surface area contributed by atoms with Gasteiger partial charge in [0.1, 0.15) is 12.4 Å². The summed E-state index contributed by atoms with van der Waals surface area (Å²) in [5.41, 5.74) is 4.41. The Balaban J connectivity index is 1.58. The Kier molecular flexibility index (Phi) is 9.71. The minimum Gasteiger partial charge on any atom is -0.462 e. The molecule has 1 aliphatic rings. The first kappa shape index (κ1) is 30.7. The number of primary amides is 1. The molecule has 0 aliphatic carbocycles. The summed E-state index contributed by atoms with van der Waals surface area (Å²) in [6.07, 6.45) is 0.310. The molecule has 1 heterocycles. The number of likely N-dealkylation sites (tertiary alicyclic amines) is 1. The van der Waals surface area contributed by atoms with E-state index in [0.29, 0.717) is 6.42 Å². The Morgan fingerprint density at radius 1 is 1.00 bits per heavy atom. The van der Waals surface area contributed by atoms with Crippen LogP contribution in [0.4, 0.5) is 19.7 Å². The van der Waals surface area contributed by atoms with Crippen molar-refractivity contribution in [3.8, 4) is 0 Å². The molecule has 0 bridgehead atoms. The molecule has 1 saturated heterocycles. The molecular weight excluding hydrogens is 559 g/mol. The number of nitrogens with zero attached hydrogens (tertiary/aromatic N) is 2. The lowest BCUT2D eigenvalue weighted by atomic mass is 9.86. The second kappa shape index (κ2) is 13.6. The first-order valence-corrected chi connectivity index (χ1v) is 13.6. The second-order valence-corrected chi connectivity index (χ2v) is 9.70. The van der Waals surface area contributed by atoms with Gasteiger partial charge in [-0.05, 0) is 49.6 Å². The number of carbonyl (C=O) groups excluding carboxylic acids is 5. The molecule has 3 N–H and O–H groups in total. The van der Waals surface area contributed by atoms with Gasteiger partial charge in [-0.2, -0.15) is 0 Å². The smallest absolute Gasteiger partial charge is 0.344 e. The number of benzene rings is 3. The topological polar surface area (TPSA) is 148 Å². The highest BCUT2D eigenvalue weighted by Gasteiger charge is 2.54. The summed E-state index contributed by atoms with van der Waals surface area (Å²) in [5.74, 6) is -3.77. The molecule has 3 aromatic carbocycles. The number of nitrogens with one attached hydrogen (secondary N) is 1. The van der Waals surface area contributed by atoms with Crippen LogP contribution in [0.15, 0.2) is 78.9 Å². The minimum atomic E-state index is -1.96. The van der Waals surface area contributed by atoms with E-state index in [9.17, 15) is 24.0 Å². The zero-order valence-corrected chi connectivity index (χ0v) is 23.5. The van der Waals surface area contributed by atoms with E-state index in [0.717, 1.165) is 16.5 Å². The number of hydrogen-bond acceptors (Lipinski definition) is 7. The number of hydrogen-bond donors (Lipinski definition) is 2. The third kappa shape index (κ3) is 6.80. The molecule has 1 atom stereocenters. The molecule has 0 aromatic heterocycles. The van der Waals surface area contributed by atoms with Crippen molar-refractivity contribution in [1.82, 2.24) is 10.2 Å². The van der Waals surface area contributed by atoms with Gasteiger partial charge in [0.15, 0.2) is 5.54 Å². The molecule has 1 aliphatic heterocycles. The largest absolute Gasteiger partial charge is 0.462 e. The van der Waals surface area contributed by atoms with Gasteiger partial charge < -0.3 is 25.4 Å². The van der Waals surface area contributed by atoms with E-state index in [2.05, 4.69) is 5.32 Å². The van der Waals surface area contributed by atoms with Crippen LogP contribution in [-0.2, 0) is 31.1 Å². The van der Waals surface area contributed by atoms with E-state index < -0.39 is 47.9 Å². The molecule has 4 rings (SSSR count). The van der Waals surface area contributed by atoms with Gasteiger partial charge >= 0.3 is 30.0 Å². The van der Waals surface area contributed by atoms with Gasteiger partial charge in [-0.3, -0.25) is 4.90 Å². The SMILES string of the molecule is CCOC(=O)c1cccc(N(CC(=O)OC(=O)C2(c3ccccc3F)CCCN2C(=O)NCc2ccccc2)C(N)=O)c1. The first-order valence-electron chi connectivity index (χ1n) is 13.6. The van der Waals surface area contributed by atoms with Gasteiger partial charge in [0.2, 0.25) is 0 Å². The fourth-order valence-electron chi connectivity index (χ4n) is 5.02. The lowest BCUT2D eigenvalue weighted by Gasteiger charge is -2.36. The van der Waals surface area contributed by atoms with Crippen molar-refractivity contribution >= 4 is 35.7 Å². The van der Waals surface area contributed by atoms with Crippen LogP contribution in [0.25, 0.3) is 0 Å². The molecule has 43 heavy (non-hydrogen) atoms. The number of halogens is 1. The maximum atomic E-state index is 15.2. The highest BCUT2D eigenvalue weighted by Crippen LogP contribution is 2.41. The molecule has 12 heteroatoms. The highest BCUT2D eigenvalue weighted by molar-refractivity contribution is 6.01. The fraction of sp³-hybridized carbons (Fsp3) is 0.258. The third-order valence-corrected chi connectivity index (χ3v) is 7.00. The molecule has 0 spiro atoms. The maximum absolute atomic E-state index is 15.2. The van der Waals surface area contributed by atoms with E-state index in [-0.39, 0.29) is 42.9 Å². The molecule has 11 nitrogen and oxygen atoms in total. The number of anilines is 1. The summed E-state index contributed by atoms with van der Waals surface area (Å²) in [6.45, 7) is 1.20. The van der Waals surface area contributed by atoms with Gasteiger partial charge in [0, 0.05) is 24.3 Å². The summed E-state index contributed by atoms with van der Waals surface area (Å²) in [7, 11) is 0. The quantitative estimate of drug-likeness (QED) is 0.284. The Hall–Kier alpha value is -5.26. The van der Waals surface area contributed by atoms with E-state index in [1.165, 1.54) is 47.4 Å². The zero-order valence-electron chi connectivity index (χ0n) is 23.5. The molecule has 3 aromatic rings. The summed E-state index contributed by atoms with van der Waals surface area (Å²) >= 11 is 0. The third-order valence-electron chi connectivity index (χ3n) is 7.00. The Morgan fingerprint density at radius 2 is 1.72 bits per heavy atom.